The Morgan fingerprint density at radius 2 is 2.00 bits per heavy atom. The predicted octanol–water partition coefficient (Wildman–Crippen LogP) is 3.76. The highest BCUT2D eigenvalue weighted by Gasteiger charge is 2.60. The number of carbonyl (C=O) groups is 3. The van der Waals surface area contributed by atoms with Crippen molar-refractivity contribution >= 4 is 34.6 Å². The number of benzene rings is 1. The van der Waals surface area contributed by atoms with Crippen molar-refractivity contribution in [1.82, 2.24) is 20.1 Å². The fourth-order valence-electron chi connectivity index (χ4n) is 5.31. The fourth-order valence-corrected chi connectivity index (χ4v) is 6.02. The Labute approximate surface area is 219 Å². The topological polar surface area (TPSA) is 115 Å². The van der Waals surface area contributed by atoms with Crippen LogP contribution in [0, 0.1) is 12.7 Å². The maximum Gasteiger partial charge on any atom is 0.294 e. The highest BCUT2D eigenvalue weighted by Crippen LogP contribution is 2.52. The molecule has 0 atom stereocenters. The lowest BCUT2D eigenvalue weighted by atomic mass is 9.73. The number of ketones is 1. The van der Waals surface area contributed by atoms with Crippen molar-refractivity contribution in [3.05, 3.63) is 62.6 Å². The first-order valence-electron chi connectivity index (χ1n) is 11.9. The van der Waals surface area contributed by atoms with Gasteiger partial charge in [0.15, 0.2) is 0 Å². The number of halogens is 3. The van der Waals surface area contributed by atoms with E-state index in [9.17, 15) is 27.6 Å². The van der Waals surface area contributed by atoms with Gasteiger partial charge in [0.1, 0.15) is 21.9 Å². The van der Waals surface area contributed by atoms with Crippen LogP contribution in [-0.4, -0.2) is 45.4 Å². The van der Waals surface area contributed by atoms with E-state index in [4.69, 9.17) is 4.74 Å². The molecule has 3 heterocycles. The van der Waals surface area contributed by atoms with E-state index in [0.29, 0.717) is 36.3 Å². The van der Waals surface area contributed by atoms with Gasteiger partial charge in [-0.3, -0.25) is 14.4 Å². The quantitative estimate of drug-likeness (QED) is 0.328. The lowest BCUT2D eigenvalue weighted by molar-refractivity contribution is -0.147. The average molecular weight is 548 g/mol. The molecule has 13 heteroatoms. The Morgan fingerprint density at radius 3 is 2.66 bits per heavy atom. The molecule has 38 heavy (non-hydrogen) atoms. The number of hydrogen-bond acceptors (Lipinski definition) is 7. The number of rotatable bonds is 8. The van der Waals surface area contributed by atoms with Crippen LogP contribution >= 0.6 is 11.3 Å². The Bertz CT molecular complexity index is 1430. The monoisotopic (exact) mass is 547 g/mol. The molecule has 1 aliphatic carbocycles. The van der Waals surface area contributed by atoms with Crippen LogP contribution in [0.4, 0.5) is 18.9 Å². The van der Waals surface area contributed by atoms with Crippen molar-refractivity contribution in [2.75, 3.05) is 12.4 Å². The summed E-state index contributed by atoms with van der Waals surface area (Å²) >= 11 is 1.02. The number of aromatic nitrogens is 3. The molecule has 0 bridgehead atoms. The van der Waals surface area contributed by atoms with Gasteiger partial charge in [-0.05, 0) is 43.5 Å². The molecule has 0 saturated heterocycles. The molecule has 3 aromatic rings. The standard InChI is InChI=1S/C25H24F3N5O4S/c1-13-18(21(35)30-15-5-6-16(26)14(8-15)9-37-2)17-4-3-7-33(17)19(13)20(34)22(36)31-24(10-25(27,28)11-24)23-32-29-12-38-23/h5-6,8,12H,3-4,7,9-11H2,1-2H3,(H,30,35)(H,31,36). The number of Topliss-reactive ketones (excluding diaryl/α,β-unsaturated/α-hetero) is 1. The largest absolute Gasteiger partial charge is 0.380 e. The highest BCUT2D eigenvalue weighted by molar-refractivity contribution is 7.09. The number of ether oxygens (including phenoxy) is 1. The van der Waals surface area contributed by atoms with Crippen molar-refractivity contribution in [2.45, 2.75) is 57.2 Å². The maximum absolute atomic E-state index is 14.0. The Morgan fingerprint density at radius 1 is 1.24 bits per heavy atom. The molecular formula is C25H24F3N5O4S. The number of fused-ring (bicyclic) bond motifs is 1. The summed E-state index contributed by atoms with van der Waals surface area (Å²) in [7, 11) is 1.43. The minimum atomic E-state index is -3.00. The fraction of sp³-hybridized carbons (Fsp3) is 0.400. The SMILES string of the molecule is COCc1cc(NC(=O)c2c(C)c(C(=O)C(=O)NC3(c4nncs4)CC(F)(F)C3)n3c2CCC3)ccc1F. The van der Waals surface area contributed by atoms with Crippen LogP contribution in [0.1, 0.15) is 61.9 Å². The second kappa shape index (κ2) is 9.62. The van der Waals surface area contributed by atoms with E-state index < -0.39 is 47.7 Å². The summed E-state index contributed by atoms with van der Waals surface area (Å²) in [4.78, 5) is 39.8. The molecule has 2 amide bonds. The van der Waals surface area contributed by atoms with Crippen molar-refractivity contribution in [3.8, 4) is 0 Å². The van der Waals surface area contributed by atoms with Crippen LogP contribution in [0.15, 0.2) is 23.7 Å². The number of nitrogens with zero attached hydrogens (tertiary/aromatic N) is 3. The highest BCUT2D eigenvalue weighted by atomic mass is 32.1. The van der Waals surface area contributed by atoms with Gasteiger partial charge in [0.25, 0.3) is 23.5 Å². The molecule has 1 fully saturated rings. The molecule has 2 aromatic heterocycles. The van der Waals surface area contributed by atoms with E-state index in [1.807, 2.05) is 0 Å². The number of methoxy groups -OCH3 is 1. The molecule has 9 nitrogen and oxygen atoms in total. The lowest BCUT2D eigenvalue weighted by Gasteiger charge is -2.45. The predicted molar refractivity (Wildman–Crippen MR) is 131 cm³/mol. The van der Waals surface area contributed by atoms with Gasteiger partial charge < -0.3 is 19.9 Å². The minimum Gasteiger partial charge on any atom is -0.380 e. The third-order valence-electron chi connectivity index (χ3n) is 6.90. The smallest absolute Gasteiger partial charge is 0.294 e. The molecule has 1 aliphatic heterocycles. The second-order valence-corrected chi connectivity index (χ2v) is 10.4. The molecule has 5 rings (SSSR count). The molecule has 1 saturated carbocycles. The molecule has 0 radical (unpaired) electrons. The number of amides is 2. The summed E-state index contributed by atoms with van der Waals surface area (Å²) < 4.78 is 48.3. The molecule has 0 spiro atoms. The van der Waals surface area contributed by atoms with Crippen molar-refractivity contribution in [2.24, 2.45) is 0 Å². The van der Waals surface area contributed by atoms with Crippen molar-refractivity contribution in [3.63, 3.8) is 0 Å². The third-order valence-corrected chi connectivity index (χ3v) is 7.80. The van der Waals surface area contributed by atoms with Crippen LogP contribution < -0.4 is 10.6 Å². The van der Waals surface area contributed by atoms with Gasteiger partial charge in [-0.25, -0.2) is 13.2 Å². The summed E-state index contributed by atoms with van der Waals surface area (Å²) in [5.74, 6) is -5.96. The summed E-state index contributed by atoms with van der Waals surface area (Å²) in [6.45, 7) is 2.01. The Kier molecular flexibility index (Phi) is 6.59. The molecule has 1 aromatic carbocycles. The Balaban J connectivity index is 1.42. The van der Waals surface area contributed by atoms with Crippen LogP contribution in [0.2, 0.25) is 0 Å². The van der Waals surface area contributed by atoms with E-state index in [-0.39, 0.29) is 28.4 Å². The van der Waals surface area contributed by atoms with E-state index in [1.54, 1.807) is 11.5 Å². The van der Waals surface area contributed by atoms with Crippen LogP contribution in [0.3, 0.4) is 0 Å². The maximum atomic E-state index is 14.0. The van der Waals surface area contributed by atoms with Crippen LogP contribution in [0.5, 0.6) is 0 Å². The second-order valence-electron chi connectivity index (χ2n) is 9.56. The van der Waals surface area contributed by atoms with Crippen LogP contribution in [0.25, 0.3) is 0 Å². The number of carbonyl (C=O) groups excluding carboxylic acids is 3. The number of nitrogens with one attached hydrogen (secondary N) is 2. The number of anilines is 1. The summed E-state index contributed by atoms with van der Waals surface area (Å²) in [5.41, 5.74) is 1.71. The van der Waals surface area contributed by atoms with Gasteiger partial charge >= 0.3 is 0 Å². The zero-order chi connectivity index (χ0) is 27.2. The molecule has 2 aliphatic rings. The summed E-state index contributed by atoms with van der Waals surface area (Å²) in [6, 6.07) is 4.10. The molecule has 2 N–H and O–H groups in total. The normalized spacial score (nSPS) is 17.0. The zero-order valence-corrected chi connectivity index (χ0v) is 21.4. The first-order chi connectivity index (χ1) is 18.0. The van der Waals surface area contributed by atoms with Gasteiger partial charge in [0, 0.05) is 43.4 Å². The first kappa shape index (κ1) is 26.0. The molecular weight excluding hydrogens is 523 g/mol. The van der Waals surface area contributed by atoms with Gasteiger partial charge in [0.05, 0.1) is 17.9 Å². The first-order valence-corrected chi connectivity index (χ1v) is 12.8. The minimum absolute atomic E-state index is 0.0223. The van der Waals surface area contributed by atoms with E-state index in [1.165, 1.54) is 30.8 Å². The third kappa shape index (κ3) is 4.49. The lowest BCUT2D eigenvalue weighted by Crippen LogP contribution is -2.61. The molecule has 200 valence electrons. The van der Waals surface area contributed by atoms with Crippen molar-refractivity contribution in [1.29, 1.82) is 0 Å². The van der Waals surface area contributed by atoms with Gasteiger partial charge in [-0.1, -0.05) is 0 Å². The number of hydrogen-bond donors (Lipinski definition) is 2. The summed E-state index contributed by atoms with van der Waals surface area (Å²) in [5, 5.41) is 12.9. The van der Waals surface area contributed by atoms with E-state index in [2.05, 4.69) is 20.8 Å². The Hall–Kier alpha value is -3.58. The average Bonchev–Trinajstić information content (AvgIpc) is 3.57. The summed E-state index contributed by atoms with van der Waals surface area (Å²) in [6.07, 6.45) is -0.198. The van der Waals surface area contributed by atoms with Crippen molar-refractivity contribution < 1.29 is 32.3 Å². The van der Waals surface area contributed by atoms with Gasteiger partial charge in [0.2, 0.25) is 0 Å². The van der Waals surface area contributed by atoms with Gasteiger partial charge in [-0.15, -0.1) is 21.5 Å². The van der Waals surface area contributed by atoms with Gasteiger partial charge in [-0.2, -0.15) is 0 Å². The van der Waals surface area contributed by atoms with E-state index in [0.717, 1.165) is 11.3 Å². The number of alkyl halides is 2. The zero-order valence-electron chi connectivity index (χ0n) is 20.6. The molecule has 0 unspecified atom stereocenters. The van der Waals surface area contributed by atoms with E-state index >= 15 is 0 Å². The van der Waals surface area contributed by atoms with Crippen LogP contribution in [-0.2, 0) is 34.6 Å².